The zero-order valence-corrected chi connectivity index (χ0v) is 16.6. The van der Waals surface area contributed by atoms with Gasteiger partial charge >= 0.3 is 6.09 Å². The van der Waals surface area contributed by atoms with E-state index in [1.807, 2.05) is 12.1 Å². The summed E-state index contributed by atoms with van der Waals surface area (Å²) in [4.78, 5) is 25.5. The van der Waals surface area contributed by atoms with Gasteiger partial charge in [-0.25, -0.2) is 4.79 Å². The molecule has 0 radical (unpaired) electrons. The topological polar surface area (TPSA) is 67.9 Å². The third-order valence-electron chi connectivity index (χ3n) is 4.26. The van der Waals surface area contributed by atoms with Crippen molar-refractivity contribution in [3.63, 3.8) is 0 Å². The summed E-state index contributed by atoms with van der Waals surface area (Å²) in [5, 5.41) is 4.06. The maximum absolute atomic E-state index is 12.0. The van der Waals surface area contributed by atoms with Crippen molar-refractivity contribution in [3.8, 4) is 5.75 Å². The number of nitrogens with zero attached hydrogens (tertiary/aromatic N) is 1. The first-order valence-corrected chi connectivity index (χ1v) is 9.56. The minimum Gasteiger partial charge on any atom is -0.484 e. The molecule has 3 rings (SSSR count). The van der Waals surface area contributed by atoms with Gasteiger partial charge in [-0.15, -0.1) is 0 Å². The number of likely N-dealkylation sites (tertiary alicyclic amines) is 1. The third kappa shape index (κ3) is 6.04. The highest BCUT2D eigenvalue weighted by Gasteiger charge is 2.31. The Bertz CT molecular complexity index is 803. The molecule has 1 saturated heterocycles. The maximum atomic E-state index is 12.0. The molecule has 0 saturated carbocycles. The van der Waals surface area contributed by atoms with E-state index < -0.39 is 0 Å². The molecular weight excluding hydrogens is 403 g/mol. The Kier molecular flexibility index (Phi) is 7.01. The average Bonchev–Trinajstić information content (AvgIpc) is 2.66. The van der Waals surface area contributed by atoms with Crippen LogP contribution in [0.1, 0.15) is 5.56 Å². The molecule has 0 aromatic heterocycles. The number of hydrogen-bond donors (Lipinski definition) is 1. The van der Waals surface area contributed by atoms with Crippen molar-refractivity contribution < 1.29 is 19.1 Å². The minimum atomic E-state index is -0.358. The fourth-order valence-electron chi connectivity index (χ4n) is 2.65. The molecule has 0 aliphatic carbocycles. The monoisotopic (exact) mass is 422 g/mol. The van der Waals surface area contributed by atoms with E-state index in [0.29, 0.717) is 35.4 Å². The first-order valence-electron chi connectivity index (χ1n) is 8.81. The fourth-order valence-corrected chi connectivity index (χ4v) is 2.91. The fraction of sp³-hybridized carbons (Fsp3) is 0.300. The van der Waals surface area contributed by atoms with E-state index in [4.69, 9.17) is 32.7 Å². The van der Waals surface area contributed by atoms with E-state index in [1.165, 1.54) is 0 Å². The number of carbonyl (C=O) groups excluding carboxylic acids is 2. The highest BCUT2D eigenvalue weighted by molar-refractivity contribution is 6.30. The average molecular weight is 423 g/mol. The summed E-state index contributed by atoms with van der Waals surface area (Å²) in [5.41, 5.74) is 0.878. The second-order valence-corrected chi connectivity index (χ2v) is 7.37. The Hall–Kier alpha value is -2.44. The largest absolute Gasteiger partial charge is 0.484 e. The summed E-state index contributed by atoms with van der Waals surface area (Å²) >= 11 is 11.6. The van der Waals surface area contributed by atoms with Crippen LogP contribution in [0.25, 0.3) is 0 Å². The Morgan fingerprint density at radius 1 is 1.00 bits per heavy atom. The molecule has 1 heterocycles. The molecule has 1 aliphatic heterocycles. The lowest BCUT2D eigenvalue weighted by Gasteiger charge is -2.38. The molecule has 6 nitrogen and oxygen atoms in total. The van der Waals surface area contributed by atoms with Gasteiger partial charge in [-0.05, 0) is 42.0 Å². The SMILES string of the molecule is O=C(COc1ccc(Cl)cc1)NCC1CN(C(=O)OCc2ccc(Cl)cc2)C1. The summed E-state index contributed by atoms with van der Waals surface area (Å²) in [7, 11) is 0. The molecule has 0 atom stereocenters. The van der Waals surface area contributed by atoms with E-state index >= 15 is 0 Å². The number of halogens is 2. The Morgan fingerprint density at radius 3 is 2.25 bits per heavy atom. The van der Waals surface area contributed by atoms with Crippen LogP contribution < -0.4 is 10.1 Å². The molecular formula is C20H20Cl2N2O4. The molecule has 2 aromatic carbocycles. The van der Waals surface area contributed by atoms with Crippen molar-refractivity contribution in [1.82, 2.24) is 10.2 Å². The number of carbonyl (C=O) groups is 2. The van der Waals surface area contributed by atoms with Crippen molar-refractivity contribution in [2.75, 3.05) is 26.2 Å². The van der Waals surface area contributed by atoms with Crippen LogP contribution in [-0.4, -0.2) is 43.1 Å². The molecule has 28 heavy (non-hydrogen) atoms. The molecule has 8 heteroatoms. The highest BCUT2D eigenvalue weighted by atomic mass is 35.5. The van der Waals surface area contributed by atoms with E-state index in [9.17, 15) is 9.59 Å². The van der Waals surface area contributed by atoms with Crippen LogP contribution in [0.5, 0.6) is 5.75 Å². The van der Waals surface area contributed by atoms with Crippen molar-refractivity contribution in [1.29, 1.82) is 0 Å². The van der Waals surface area contributed by atoms with Crippen LogP contribution in [-0.2, 0) is 16.1 Å². The van der Waals surface area contributed by atoms with E-state index in [0.717, 1.165) is 5.56 Å². The van der Waals surface area contributed by atoms with Gasteiger partial charge in [0.2, 0.25) is 0 Å². The lowest BCUT2D eigenvalue weighted by Crippen LogP contribution is -2.54. The van der Waals surface area contributed by atoms with E-state index in [2.05, 4.69) is 5.32 Å². The molecule has 2 aromatic rings. The van der Waals surface area contributed by atoms with Gasteiger partial charge in [-0.1, -0.05) is 35.3 Å². The van der Waals surface area contributed by atoms with E-state index in [-0.39, 0.29) is 31.1 Å². The number of hydrogen-bond acceptors (Lipinski definition) is 4. The molecule has 2 amide bonds. The van der Waals surface area contributed by atoms with Crippen molar-refractivity contribution in [2.24, 2.45) is 5.92 Å². The second-order valence-electron chi connectivity index (χ2n) is 6.50. The molecule has 1 aliphatic rings. The van der Waals surface area contributed by atoms with Gasteiger partial charge in [0.15, 0.2) is 6.61 Å². The van der Waals surface area contributed by atoms with Gasteiger partial charge in [-0.3, -0.25) is 4.79 Å². The first-order chi connectivity index (χ1) is 13.5. The third-order valence-corrected chi connectivity index (χ3v) is 4.77. The van der Waals surface area contributed by atoms with Crippen molar-refractivity contribution in [2.45, 2.75) is 6.61 Å². The Labute approximate surface area is 173 Å². The summed E-state index contributed by atoms with van der Waals surface area (Å²) < 4.78 is 10.7. The number of amides is 2. The zero-order valence-electron chi connectivity index (χ0n) is 15.1. The molecule has 0 bridgehead atoms. The van der Waals surface area contributed by atoms with Gasteiger partial charge in [0.25, 0.3) is 5.91 Å². The van der Waals surface area contributed by atoms with Crippen LogP contribution in [0.4, 0.5) is 4.79 Å². The van der Waals surface area contributed by atoms with E-state index in [1.54, 1.807) is 41.3 Å². The summed E-state index contributed by atoms with van der Waals surface area (Å²) in [5.74, 6) is 0.582. The summed E-state index contributed by atoms with van der Waals surface area (Å²) in [6.45, 7) is 1.73. The standard InChI is InChI=1S/C20H20Cl2N2O4/c21-16-3-1-14(2-4-16)12-28-20(26)24-10-15(11-24)9-23-19(25)13-27-18-7-5-17(22)6-8-18/h1-8,15H,9-13H2,(H,23,25). The molecule has 148 valence electrons. The van der Waals surface area contributed by atoms with Gasteiger partial charge in [0.1, 0.15) is 12.4 Å². The maximum Gasteiger partial charge on any atom is 0.410 e. The highest BCUT2D eigenvalue weighted by Crippen LogP contribution is 2.18. The smallest absolute Gasteiger partial charge is 0.410 e. The van der Waals surface area contributed by atoms with Crippen LogP contribution in [0.15, 0.2) is 48.5 Å². The van der Waals surface area contributed by atoms with Gasteiger partial charge in [0, 0.05) is 35.6 Å². The number of ether oxygens (including phenoxy) is 2. The van der Waals surface area contributed by atoms with Gasteiger partial charge in [-0.2, -0.15) is 0 Å². The zero-order chi connectivity index (χ0) is 19.9. The Balaban J connectivity index is 1.28. The predicted octanol–water partition coefficient (Wildman–Crippen LogP) is 3.76. The van der Waals surface area contributed by atoms with Gasteiger partial charge in [0.05, 0.1) is 0 Å². The first kappa shape index (κ1) is 20.3. The number of rotatable bonds is 7. The minimum absolute atomic E-state index is 0.0683. The molecule has 1 fully saturated rings. The predicted molar refractivity (Wildman–Crippen MR) is 107 cm³/mol. The van der Waals surface area contributed by atoms with Crippen molar-refractivity contribution >= 4 is 35.2 Å². The lowest BCUT2D eigenvalue weighted by atomic mass is 10.0. The quantitative estimate of drug-likeness (QED) is 0.737. The number of benzene rings is 2. The molecule has 0 spiro atoms. The molecule has 0 unspecified atom stereocenters. The Morgan fingerprint density at radius 2 is 1.61 bits per heavy atom. The lowest BCUT2D eigenvalue weighted by molar-refractivity contribution is -0.123. The van der Waals surface area contributed by atoms with Crippen LogP contribution in [0.3, 0.4) is 0 Å². The van der Waals surface area contributed by atoms with Crippen molar-refractivity contribution in [3.05, 3.63) is 64.1 Å². The normalized spacial score (nSPS) is 13.6. The summed E-state index contributed by atoms with van der Waals surface area (Å²) in [6.07, 6.45) is -0.358. The number of nitrogens with one attached hydrogen (secondary N) is 1. The second kappa shape index (κ2) is 9.66. The van der Waals surface area contributed by atoms with Crippen LogP contribution >= 0.6 is 23.2 Å². The van der Waals surface area contributed by atoms with Crippen LogP contribution in [0.2, 0.25) is 10.0 Å². The molecule has 1 N–H and O–H groups in total. The van der Waals surface area contributed by atoms with Gasteiger partial charge < -0.3 is 19.7 Å². The van der Waals surface area contributed by atoms with Crippen LogP contribution in [0, 0.1) is 5.92 Å². The summed E-state index contributed by atoms with van der Waals surface area (Å²) in [6, 6.07) is 13.9.